The fraction of sp³-hybridized carbons (Fsp3) is 0.875. The molecule has 2 aliphatic rings. The summed E-state index contributed by atoms with van der Waals surface area (Å²) in [6.07, 6.45) is 4.46. The van der Waals surface area contributed by atoms with Crippen LogP contribution in [-0.4, -0.2) is 16.8 Å². The third-order valence-corrected chi connectivity index (χ3v) is 3.75. The van der Waals surface area contributed by atoms with E-state index in [0.29, 0.717) is 16.8 Å². The van der Waals surface area contributed by atoms with Crippen molar-refractivity contribution in [1.82, 2.24) is 5.32 Å². The summed E-state index contributed by atoms with van der Waals surface area (Å²) in [4.78, 5) is 11.5. The van der Waals surface area contributed by atoms with E-state index >= 15 is 0 Å². The first-order chi connectivity index (χ1) is 5.27. The van der Waals surface area contributed by atoms with E-state index in [9.17, 15) is 4.79 Å². The minimum absolute atomic E-state index is 0.242. The molecular formula is C8H12BrNO. The number of amides is 1. The second-order valence-corrected chi connectivity index (χ2v) is 4.68. The molecule has 2 fully saturated rings. The maximum atomic E-state index is 11.0. The Morgan fingerprint density at radius 1 is 1.45 bits per heavy atom. The molecule has 1 amide bonds. The Morgan fingerprint density at radius 3 is 3.00 bits per heavy atom. The maximum Gasteiger partial charge on any atom is 0.220 e. The molecule has 1 N–H and O–H groups in total. The minimum atomic E-state index is 0.242. The number of fused-ring (bicyclic) bond motifs is 1. The largest absolute Gasteiger partial charge is 0.352 e. The topological polar surface area (TPSA) is 29.1 Å². The monoisotopic (exact) mass is 217 g/mol. The first-order valence-electron chi connectivity index (χ1n) is 4.21. The molecule has 2 rings (SSSR count). The number of halogens is 1. The zero-order valence-corrected chi connectivity index (χ0v) is 7.93. The lowest BCUT2D eigenvalue weighted by Crippen LogP contribution is -2.39. The lowest BCUT2D eigenvalue weighted by molar-refractivity contribution is -0.119. The lowest BCUT2D eigenvalue weighted by Gasteiger charge is -2.28. The van der Waals surface area contributed by atoms with Crippen molar-refractivity contribution in [3.8, 4) is 0 Å². The molecule has 1 saturated carbocycles. The van der Waals surface area contributed by atoms with E-state index < -0.39 is 0 Å². The molecule has 1 aliphatic carbocycles. The molecule has 2 nitrogen and oxygen atoms in total. The molecule has 0 radical (unpaired) electrons. The van der Waals surface area contributed by atoms with Crippen molar-refractivity contribution in [3.63, 3.8) is 0 Å². The Morgan fingerprint density at radius 2 is 2.27 bits per heavy atom. The maximum absolute atomic E-state index is 11.0. The van der Waals surface area contributed by atoms with Crippen molar-refractivity contribution >= 4 is 21.8 Å². The summed E-state index contributed by atoms with van der Waals surface area (Å²) in [5.41, 5.74) is 0. The van der Waals surface area contributed by atoms with Crippen molar-refractivity contribution in [2.45, 2.75) is 36.6 Å². The fourth-order valence-electron chi connectivity index (χ4n) is 2.15. The summed E-state index contributed by atoms with van der Waals surface area (Å²) < 4.78 is 0. The smallest absolute Gasteiger partial charge is 0.220 e. The van der Waals surface area contributed by atoms with Crippen LogP contribution in [0.5, 0.6) is 0 Å². The Labute approximate surface area is 74.9 Å². The van der Waals surface area contributed by atoms with Crippen LogP contribution in [0.2, 0.25) is 0 Å². The van der Waals surface area contributed by atoms with Gasteiger partial charge in [-0.15, -0.1) is 0 Å². The van der Waals surface area contributed by atoms with Gasteiger partial charge in [0.25, 0.3) is 0 Å². The van der Waals surface area contributed by atoms with Gasteiger partial charge in [0, 0.05) is 17.3 Å². The molecule has 0 aromatic rings. The molecule has 3 heteroatoms. The van der Waals surface area contributed by atoms with Crippen molar-refractivity contribution in [2.75, 3.05) is 0 Å². The van der Waals surface area contributed by atoms with Crippen LogP contribution >= 0.6 is 15.9 Å². The third kappa shape index (κ3) is 1.31. The van der Waals surface area contributed by atoms with E-state index in [1.807, 2.05) is 0 Å². The van der Waals surface area contributed by atoms with Crippen LogP contribution in [-0.2, 0) is 4.79 Å². The zero-order chi connectivity index (χ0) is 7.84. The quantitative estimate of drug-likeness (QED) is 0.612. The summed E-state index contributed by atoms with van der Waals surface area (Å²) >= 11 is 3.61. The number of alkyl halides is 1. The molecule has 62 valence electrons. The Hall–Kier alpha value is -0.0500. The van der Waals surface area contributed by atoms with Gasteiger partial charge in [0.2, 0.25) is 5.91 Å². The number of hydrogen-bond acceptors (Lipinski definition) is 1. The molecule has 3 atom stereocenters. The van der Waals surface area contributed by atoms with Gasteiger partial charge in [-0.05, 0) is 18.8 Å². The summed E-state index contributed by atoms with van der Waals surface area (Å²) in [5, 5.41) is 3.02. The van der Waals surface area contributed by atoms with Crippen LogP contribution in [0.3, 0.4) is 0 Å². The van der Waals surface area contributed by atoms with Gasteiger partial charge in [-0.1, -0.05) is 22.4 Å². The molecule has 1 aliphatic heterocycles. The number of carbonyl (C=O) groups is 1. The lowest BCUT2D eigenvalue weighted by atomic mass is 9.85. The summed E-state index contributed by atoms with van der Waals surface area (Å²) in [6.45, 7) is 0. The first kappa shape index (κ1) is 7.59. The number of hydrogen-bond donors (Lipinski definition) is 1. The van der Waals surface area contributed by atoms with Crippen molar-refractivity contribution < 1.29 is 4.79 Å². The van der Waals surface area contributed by atoms with E-state index in [1.165, 1.54) is 19.3 Å². The number of rotatable bonds is 0. The van der Waals surface area contributed by atoms with Gasteiger partial charge in [0.15, 0.2) is 0 Å². The molecule has 0 bridgehead atoms. The van der Waals surface area contributed by atoms with Crippen molar-refractivity contribution in [1.29, 1.82) is 0 Å². The fourth-order valence-corrected chi connectivity index (χ4v) is 3.04. The molecule has 0 aromatic heterocycles. The van der Waals surface area contributed by atoms with Crippen LogP contribution in [0.25, 0.3) is 0 Å². The van der Waals surface area contributed by atoms with Crippen LogP contribution < -0.4 is 5.32 Å². The predicted molar refractivity (Wildman–Crippen MR) is 46.6 cm³/mol. The molecule has 0 spiro atoms. The number of nitrogens with one attached hydrogen (secondary N) is 1. The average Bonchev–Trinajstić information content (AvgIpc) is 2.31. The van der Waals surface area contributed by atoms with E-state index in [4.69, 9.17) is 0 Å². The second-order valence-electron chi connectivity index (χ2n) is 3.50. The minimum Gasteiger partial charge on any atom is -0.352 e. The van der Waals surface area contributed by atoms with E-state index in [2.05, 4.69) is 21.2 Å². The Balaban J connectivity index is 2.09. The highest BCUT2D eigenvalue weighted by molar-refractivity contribution is 9.09. The molecule has 11 heavy (non-hydrogen) atoms. The Kier molecular flexibility index (Phi) is 1.91. The summed E-state index contributed by atoms with van der Waals surface area (Å²) in [6, 6.07) is 0.427. The van der Waals surface area contributed by atoms with Crippen LogP contribution in [0.15, 0.2) is 0 Å². The highest BCUT2D eigenvalue weighted by atomic mass is 79.9. The van der Waals surface area contributed by atoms with Gasteiger partial charge in [-0.2, -0.15) is 0 Å². The van der Waals surface area contributed by atoms with Gasteiger partial charge in [-0.25, -0.2) is 0 Å². The standard InChI is InChI=1S/C8H12BrNO/c9-6-3-1-2-5-4-7(11)10-8(5)6/h5-6,8H,1-4H2,(H,10,11). The predicted octanol–water partition coefficient (Wildman–Crippen LogP) is 1.44. The highest BCUT2D eigenvalue weighted by Gasteiger charge is 2.38. The highest BCUT2D eigenvalue weighted by Crippen LogP contribution is 2.34. The van der Waals surface area contributed by atoms with Gasteiger partial charge in [0.05, 0.1) is 0 Å². The number of carbonyl (C=O) groups excluding carboxylic acids is 1. The Bertz CT molecular complexity index is 183. The summed E-state index contributed by atoms with van der Waals surface area (Å²) in [5.74, 6) is 0.854. The van der Waals surface area contributed by atoms with Crippen LogP contribution in [0.4, 0.5) is 0 Å². The third-order valence-electron chi connectivity index (χ3n) is 2.73. The normalized spacial score (nSPS) is 43.4. The van der Waals surface area contributed by atoms with Gasteiger partial charge in [0.1, 0.15) is 0 Å². The zero-order valence-electron chi connectivity index (χ0n) is 6.35. The molecule has 3 unspecified atom stereocenters. The second kappa shape index (κ2) is 2.77. The van der Waals surface area contributed by atoms with Gasteiger partial charge >= 0.3 is 0 Å². The summed E-state index contributed by atoms with van der Waals surface area (Å²) in [7, 11) is 0. The van der Waals surface area contributed by atoms with Gasteiger partial charge in [-0.3, -0.25) is 4.79 Å². The van der Waals surface area contributed by atoms with E-state index in [0.717, 1.165) is 6.42 Å². The van der Waals surface area contributed by atoms with Crippen molar-refractivity contribution in [2.24, 2.45) is 5.92 Å². The average molecular weight is 218 g/mol. The van der Waals surface area contributed by atoms with Crippen LogP contribution in [0, 0.1) is 5.92 Å². The SMILES string of the molecule is O=C1CC2CCCC(Br)C2N1. The van der Waals surface area contributed by atoms with Crippen molar-refractivity contribution in [3.05, 3.63) is 0 Å². The van der Waals surface area contributed by atoms with Crippen LogP contribution in [0.1, 0.15) is 25.7 Å². The first-order valence-corrected chi connectivity index (χ1v) is 5.12. The van der Waals surface area contributed by atoms with Gasteiger partial charge < -0.3 is 5.32 Å². The molecule has 1 saturated heterocycles. The molecule has 1 heterocycles. The molecular weight excluding hydrogens is 206 g/mol. The van der Waals surface area contributed by atoms with E-state index in [-0.39, 0.29) is 5.91 Å². The van der Waals surface area contributed by atoms with E-state index in [1.54, 1.807) is 0 Å². The molecule has 0 aromatic carbocycles.